The van der Waals surface area contributed by atoms with Crippen molar-refractivity contribution in [3.8, 4) is 0 Å². The fourth-order valence-corrected chi connectivity index (χ4v) is 2.49. The van der Waals surface area contributed by atoms with Gasteiger partial charge in [-0.1, -0.05) is 0 Å². The van der Waals surface area contributed by atoms with E-state index in [0.717, 1.165) is 39.0 Å². The second kappa shape index (κ2) is 5.15. The van der Waals surface area contributed by atoms with Crippen LogP contribution < -0.4 is 5.32 Å². The first-order chi connectivity index (χ1) is 7.70. The lowest BCUT2D eigenvalue weighted by molar-refractivity contribution is -0.150. The van der Waals surface area contributed by atoms with Gasteiger partial charge in [0, 0.05) is 31.8 Å². The molecule has 1 amide bonds. The number of piperazine rings is 1. The Hall–Kier alpha value is -0.610. The molecular formula is C12H22N2O2. The maximum absolute atomic E-state index is 12.3. The third-order valence-corrected chi connectivity index (χ3v) is 3.77. The Morgan fingerprint density at radius 1 is 1.38 bits per heavy atom. The van der Waals surface area contributed by atoms with Crippen LogP contribution in [-0.4, -0.2) is 48.7 Å². The van der Waals surface area contributed by atoms with Gasteiger partial charge >= 0.3 is 0 Å². The summed E-state index contributed by atoms with van der Waals surface area (Å²) in [7, 11) is 0. The standard InChI is InChI=1S/C12H22N2O2/c1-9-10(2)14(7-6-13-9)12(15)11-5-3-4-8-16-11/h9-11,13H,3-8H2,1-2H3. The first-order valence-electron chi connectivity index (χ1n) is 6.35. The SMILES string of the molecule is CC1NCCN(C(=O)C2CCCCO2)C1C. The quantitative estimate of drug-likeness (QED) is 0.718. The van der Waals surface area contributed by atoms with Crippen molar-refractivity contribution in [2.24, 2.45) is 0 Å². The molecule has 2 rings (SSSR count). The minimum atomic E-state index is -0.179. The van der Waals surface area contributed by atoms with Crippen LogP contribution in [0.2, 0.25) is 0 Å². The highest BCUT2D eigenvalue weighted by Gasteiger charge is 2.33. The molecule has 0 radical (unpaired) electrons. The smallest absolute Gasteiger partial charge is 0.252 e. The molecular weight excluding hydrogens is 204 g/mol. The summed E-state index contributed by atoms with van der Waals surface area (Å²) in [4.78, 5) is 14.3. The Balaban J connectivity index is 1.96. The van der Waals surface area contributed by atoms with E-state index in [1.807, 2.05) is 4.90 Å². The van der Waals surface area contributed by atoms with E-state index in [4.69, 9.17) is 4.74 Å². The number of carbonyl (C=O) groups is 1. The summed E-state index contributed by atoms with van der Waals surface area (Å²) in [6.45, 7) is 6.68. The number of hydrogen-bond acceptors (Lipinski definition) is 3. The van der Waals surface area contributed by atoms with Gasteiger partial charge in [0.2, 0.25) is 0 Å². The van der Waals surface area contributed by atoms with E-state index in [1.54, 1.807) is 0 Å². The van der Waals surface area contributed by atoms with Gasteiger partial charge in [0.1, 0.15) is 6.10 Å². The summed E-state index contributed by atoms with van der Waals surface area (Å²) in [5, 5.41) is 3.38. The summed E-state index contributed by atoms with van der Waals surface area (Å²) in [5.41, 5.74) is 0. The van der Waals surface area contributed by atoms with Crippen LogP contribution in [0.4, 0.5) is 0 Å². The molecule has 2 saturated heterocycles. The first-order valence-corrected chi connectivity index (χ1v) is 6.35. The van der Waals surface area contributed by atoms with Crippen LogP contribution in [0.25, 0.3) is 0 Å². The van der Waals surface area contributed by atoms with E-state index in [2.05, 4.69) is 19.2 Å². The highest BCUT2D eigenvalue weighted by molar-refractivity contribution is 5.81. The molecule has 2 aliphatic heterocycles. The molecule has 0 bridgehead atoms. The van der Waals surface area contributed by atoms with E-state index in [0.29, 0.717) is 6.04 Å². The van der Waals surface area contributed by atoms with Crippen molar-refractivity contribution in [2.45, 2.75) is 51.3 Å². The minimum Gasteiger partial charge on any atom is -0.368 e. The maximum atomic E-state index is 12.3. The highest BCUT2D eigenvalue weighted by atomic mass is 16.5. The number of ether oxygens (including phenoxy) is 1. The summed E-state index contributed by atoms with van der Waals surface area (Å²) < 4.78 is 5.56. The fraction of sp³-hybridized carbons (Fsp3) is 0.917. The lowest BCUT2D eigenvalue weighted by Crippen LogP contribution is -2.59. The topological polar surface area (TPSA) is 41.6 Å². The Bertz CT molecular complexity index is 251. The van der Waals surface area contributed by atoms with Crippen molar-refractivity contribution in [3.05, 3.63) is 0 Å². The molecule has 2 aliphatic rings. The zero-order chi connectivity index (χ0) is 11.5. The van der Waals surface area contributed by atoms with E-state index in [1.165, 1.54) is 0 Å². The molecule has 0 spiro atoms. The van der Waals surface area contributed by atoms with Gasteiger partial charge in [0.05, 0.1) is 0 Å². The normalized spacial score (nSPS) is 36.1. The predicted molar refractivity (Wildman–Crippen MR) is 62.2 cm³/mol. The van der Waals surface area contributed by atoms with Crippen molar-refractivity contribution in [2.75, 3.05) is 19.7 Å². The van der Waals surface area contributed by atoms with Gasteiger partial charge in [-0.3, -0.25) is 4.79 Å². The van der Waals surface area contributed by atoms with Gasteiger partial charge in [-0.05, 0) is 33.1 Å². The van der Waals surface area contributed by atoms with Crippen molar-refractivity contribution >= 4 is 5.91 Å². The van der Waals surface area contributed by atoms with Gasteiger partial charge in [-0.15, -0.1) is 0 Å². The minimum absolute atomic E-state index is 0.179. The van der Waals surface area contributed by atoms with Gasteiger partial charge in [0.15, 0.2) is 0 Å². The summed E-state index contributed by atoms with van der Waals surface area (Å²) in [6.07, 6.45) is 2.93. The van der Waals surface area contributed by atoms with Crippen molar-refractivity contribution in [1.29, 1.82) is 0 Å². The van der Waals surface area contributed by atoms with Crippen LogP contribution in [0.1, 0.15) is 33.1 Å². The third-order valence-electron chi connectivity index (χ3n) is 3.77. The highest BCUT2D eigenvalue weighted by Crippen LogP contribution is 2.18. The molecule has 2 heterocycles. The second-order valence-corrected chi connectivity index (χ2v) is 4.87. The Morgan fingerprint density at radius 2 is 2.19 bits per heavy atom. The van der Waals surface area contributed by atoms with E-state index in [-0.39, 0.29) is 18.1 Å². The van der Waals surface area contributed by atoms with Crippen LogP contribution in [0.5, 0.6) is 0 Å². The molecule has 1 N–H and O–H groups in total. The predicted octanol–water partition coefficient (Wildman–Crippen LogP) is 0.764. The molecule has 4 heteroatoms. The molecule has 4 nitrogen and oxygen atoms in total. The van der Waals surface area contributed by atoms with Gasteiger partial charge in [-0.2, -0.15) is 0 Å². The molecule has 3 atom stereocenters. The molecule has 92 valence electrons. The number of nitrogens with one attached hydrogen (secondary N) is 1. The Morgan fingerprint density at radius 3 is 2.88 bits per heavy atom. The monoisotopic (exact) mass is 226 g/mol. The van der Waals surface area contributed by atoms with Crippen molar-refractivity contribution in [3.63, 3.8) is 0 Å². The zero-order valence-electron chi connectivity index (χ0n) is 10.2. The first kappa shape index (κ1) is 11.9. The molecule has 0 aromatic heterocycles. The molecule has 0 saturated carbocycles. The molecule has 16 heavy (non-hydrogen) atoms. The molecule has 0 aromatic rings. The number of nitrogens with zero attached hydrogens (tertiary/aromatic N) is 1. The zero-order valence-corrected chi connectivity index (χ0v) is 10.2. The summed E-state index contributed by atoms with van der Waals surface area (Å²) in [6, 6.07) is 0.646. The third kappa shape index (κ3) is 2.38. The number of carbonyl (C=O) groups excluding carboxylic acids is 1. The van der Waals surface area contributed by atoms with Crippen LogP contribution in [0.3, 0.4) is 0 Å². The van der Waals surface area contributed by atoms with Crippen LogP contribution in [0, 0.1) is 0 Å². The number of rotatable bonds is 1. The van der Waals surface area contributed by atoms with Crippen molar-refractivity contribution in [1.82, 2.24) is 10.2 Å². The van der Waals surface area contributed by atoms with Crippen molar-refractivity contribution < 1.29 is 9.53 Å². The lowest BCUT2D eigenvalue weighted by Gasteiger charge is -2.40. The van der Waals surface area contributed by atoms with E-state index < -0.39 is 0 Å². The largest absolute Gasteiger partial charge is 0.368 e. The molecule has 0 aromatic carbocycles. The fourth-order valence-electron chi connectivity index (χ4n) is 2.49. The lowest BCUT2D eigenvalue weighted by atomic mass is 10.0. The van der Waals surface area contributed by atoms with Crippen LogP contribution in [-0.2, 0) is 9.53 Å². The number of hydrogen-bond donors (Lipinski definition) is 1. The molecule has 2 fully saturated rings. The average Bonchev–Trinajstić information content (AvgIpc) is 2.33. The molecule has 0 aliphatic carbocycles. The van der Waals surface area contributed by atoms with Gasteiger partial charge in [-0.25, -0.2) is 0 Å². The van der Waals surface area contributed by atoms with Gasteiger partial charge in [0.25, 0.3) is 5.91 Å². The Kier molecular flexibility index (Phi) is 3.82. The molecule has 3 unspecified atom stereocenters. The average molecular weight is 226 g/mol. The second-order valence-electron chi connectivity index (χ2n) is 4.87. The van der Waals surface area contributed by atoms with E-state index in [9.17, 15) is 4.79 Å². The Labute approximate surface area is 97.3 Å². The summed E-state index contributed by atoms with van der Waals surface area (Å²) >= 11 is 0. The van der Waals surface area contributed by atoms with Gasteiger partial charge < -0.3 is 15.0 Å². The van der Waals surface area contributed by atoms with Crippen LogP contribution >= 0.6 is 0 Å². The summed E-state index contributed by atoms with van der Waals surface area (Å²) in [5.74, 6) is 0.195. The number of amides is 1. The van der Waals surface area contributed by atoms with Crippen LogP contribution in [0.15, 0.2) is 0 Å². The van der Waals surface area contributed by atoms with E-state index >= 15 is 0 Å². The maximum Gasteiger partial charge on any atom is 0.252 e.